The predicted octanol–water partition coefficient (Wildman–Crippen LogP) is 2.00. The van der Waals surface area contributed by atoms with Crippen LogP contribution < -0.4 is 5.32 Å². The Kier molecular flexibility index (Phi) is 6.39. The summed E-state index contributed by atoms with van der Waals surface area (Å²) in [6.45, 7) is 3.74. The molecule has 0 aromatic carbocycles. The molecule has 0 amide bonds. The summed E-state index contributed by atoms with van der Waals surface area (Å²) < 4.78 is 10.2. The standard InChI is InChI=1S/C14H19N3O3/c1-4-20-14(18)12(8-15)13(10(2)19-3)17-11-6-5-7-16-9-11/h5-10,15,17H,4H2,1-3H3/b13-12+,15-8?. The molecule has 0 aliphatic rings. The minimum Gasteiger partial charge on any atom is -0.462 e. The maximum atomic E-state index is 11.9. The van der Waals surface area contributed by atoms with Gasteiger partial charge < -0.3 is 20.2 Å². The molecular weight excluding hydrogens is 258 g/mol. The number of nitrogens with zero attached hydrogens (tertiary/aromatic N) is 1. The number of pyridine rings is 1. The third-order valence-electron chi connectivity index (χ3n) is 2.63. The lowest BCUT2D eigenvalue weighted by Crippen LogP contribution is -2.23. The number of ether oxygens (including phenoxy) is 2. The molecule has 1 aromatic rings. The maximum Gasteiger partial charge on any atom is 0.341 e. The summed E-state index contributed by atoms with van der Waals surface area (Å²) in [7, 11) is 1.53. The van der Waals surface area contributed by atoms with Crippen molar-refractivity contribution in [2.45, 2.75) is 20.0 Å². The number of rotatable bonds is 7. The Hall–Kier alpha value is -2.21. The van der Waals surface area contributed by atoms with E-state index in [9.17, 15) is 4.79 Å². The van der Waals surface area contributed by atoms with Crippen molar-refractivity contribution in [2.75, 3.05) is 19.0 Å². The van der Waals surface area contributed by atoms with Gasteiger partial charge in [0.05, 0.1) is 35.9 Å². The van der Waals surface area contributed by atoms with Gasteiger partial charge in [-0.25, -0.2) is 4.79 Å². The van der Waals surface area contributed by atoms with Crippen LogP contribution in [-0.4, -0.2) is 37.0 Å². The van der Waals surface area contributed by atoms with Gasteiger partial charge in [0.2, 0.25) is 0 Å². The molecule has 6 nitrogen and oxygen atoms in total. The lowest BCUT2D eigenvalue weighted by atomic mass is 10.1. The van der Waals surface area contributed by atoms with Gasteiger partial charge in [0.25, 0.3) is 0 Å². The van der Waals surface area contributed by atoms with E-state index in [-0.39, 0.29) is 12.2 Å². The van der Waals surface area contributed by atoms with Crippen LogP contribution in [0.2, 0.25) is 0 Å². The van der Waals surface area contributed by atoms with Gasteiger partial charge in [-0.3, -0.25) is 4.98 Å². The van der Waals surface area contributed by atoms with Crippen molar-refractivity contribution in [1.29, 1.82) is 5.41 Å². The summed E-state index contributed by atoms with van der Waals surface area (Å²) in [6.07, 6.45) is 3.84. The van der Waals surface area contributed by atoms with Gasteiger partial charge in [0, 0.05) is 19.5 Å². The first kappa shape index (κ1) is 15.8. The molecular formula is C14H19N3O3. The van der Waals surface area contributed by atoms with Crippen molar-refractivity contribution in [2.24, 2.45) is 0 Å². The molecule has 1 atom stereocenters. The first-order valence-corrected chi connectivity index (χ1v) is 6.25. The van der Waals surface area contributed by atoms with Gasteiger partial charge >= 0.3 is 5.97 Å². The normalized spacial score (nSPS) is 13.2. The molecule has 1 rings (SSSR count). The van der Waals surface area contributed by atoms with Crippen molar-refractivity contribution in [3.05, 3.63) is 35.8 Å². The minimum atomic E-state index is -0.558. The molecule has 1 unspecified atom stereocenters. The van der Waals surface area contributed by atoms with E-state index in [1.165, 1.54) is 7.11 Å². The number of carbonyl (C=O) groups excluding carboxylic acids is 1. The van der Waals surface area contributed by atoms with Crippen LogP contribution in [0.3, 0.4) is 0 Å². The van der Waals surface area contributed by atoms with E-state index >= 15 is 0 Å². The number of carbonyl (C=O) groups is 1. The summed E-state index contributed by atoms with van der Waals surface area (Å²) >= 11 is 0. The van der Waals surface area contributed by atoms with Gasteiger partial charge in [0.1, 0.15) is 0 Å². The molecule has 0 radical (unpaired) electrons. The molecule has 2 N–H and O–H groups in total. The van der Waals surface area contributed by atoms with E-state index in [2.05, 4.69) is 10.3 Å². The van der Waals surface area contributed by atoms with Crippen LogP contribution in [0.5, 0.6) is 0 Å². The highest BCUT2D eigenvalue weighted by atomic mass is 16.5. The highest BCUT2D eigenvalue weighted by molar-refractivity contribution is 6.09. The number of esters is 1. The largest absolute Gasteiger partial charge is 0.462 e. The molecule has 0 saturated heterocycles. The molecule has 20 heavy (non-hydrogen) atoms. The average Bonchev–Trinajstić information content (AvgIpc) is 2.47. The molecule has 0 spiro atoms. The van der Waals surface area contributed by atoms with Gasteiger partial charge in [-0.2, -0.15) is 0 Å². The highest BCUT2D eigenvalue weighted by Gasteiger charge is 2.19. The van der Waals surface area contributed by atoms with Crippen molar-refractivity contribution >= 4 is 17.9 Å². The second-order valence-corrected chi connectivity index (χ2v) is 3.94. The monoisotopic (exact) mass is 277 g/mol. The number of aromatic nitrogens is 1. The average molecular weight is 277 g/mol. The molecule has 1 aromatic heterocycles. The van der Waals surface area contributed by atoms with E-state index in [4.69, 9.17) is 14.9 Å². The summed E-state index contributed by atoms with van der Waals surface area (Å²) in [4.78, 5) is 15.9. The van der Waals surface area contributed by atoms with Crippen LogP contribution in [0.15, 0.2) is 35.8 Å². The van der Waals surface area contributed by atoms with E-state index in [1.807, 2.05) is 6.07 Å². The molecule has 0 aliphatic heterocycles. The van der Waals surface area contributed by atoms with Gasteiger partial charge in [-0.1, -0.05) is 0 Å². The first-order valence-electron chi connectivity index (χ1n) is 6.25. The lowest BCUT2D eigenvalue weighted by Gasteiger charge is -2.19. The highest BCUT2D eigenvalue weighted by Crippen LogP contribution is 2.16. The molecule has 0 saturated carbocycles. The molecule has 0 aliphatic carbocycles. The Morgan fingerprint density at radius 3 is 2.85 bits per heavy atom. The fraction of sp³-hybridized carbons (Fsp3) is 0.357. The second-order valence-electron chi connectivity index (χ2n) is 3.94. The van der Waals surface area contributed by atoms with E-state index in [0.29, 0.717) is 11.4 Å². The predicted molar refractivity (Wildman–Crippen MR) is 76.8 cm³/mol. The number of hydrogen-bond acceptors (Lipinski definition) is 6. The number of anilines is 1. The SMILES string of the molecule is CCOC(=O)/C(C=N)=C(/Nc1cccnc1)C(C)OC. The molecule has 6 heteroatoms. The summed E-state index contributed by atoms with van der Waals surface area (Å²) in [5.74, 6) is -0.558. The van der Waals surface area contributed by atoms with Gasteiger partial charge in [-0.05, 0) is 26.0 Å². The summed E-state index contributed by atoms with van der Waals surface area (Å²) in [5, 5.41) is 10.5. The third-order valence-corrected chi connectivity index (χ3v) is 2.63. The molecule has 1 heterocycles. The molecule has 0 fully saturated rings. The van der Waals surface area contributed by atoms with Crippen LogP contribution in [0.25, 0.3) is 0 Å². The topological polar surface area (TPSA) is 84.3 Å². The van der Waals surface area contributed by atoms with Crippen LogP contribution in [0.1, 0.15) is 13.8 Å². The van der Waals surface area contributed by atoms with Crippen molar-refractivity contribution < 1.29 is 14.3 Å². The fourth-order valence-electron chi connectivity index (χ4n) is 1.55. The minimum absolute atomic E-state index is 0.130. The smallest absolute Gasteiger partial charge is 0.341 e. The Bertz CT molecular complexity index is 486. The Morgan fingerprint density at radius 1 is 1.60 bits per heavy atom. The van der Waals surface area contributed by atoms with Crippen molar-refractivity contribution in [3.63, 3.8) is 0 Å². The number of methoxy groups -OCH3 is 1. The van der Waals surface area contributed by atoms with Crippen LogP contribution in [0.4, 0.5) is 5.69 Å². The Morgan fingerprint density at radius 2 is 2.35 bits per heavy atom. The summed E-state index contributed by atoms with van der Waals surface area (Å²) in [6, 6.07) is 3.58. The zero-order valence-electron chi connectivity index (χ0n) is 11.8. The zero-order valence-corrected chi connectivity index (χ0v) is 11.8. The van der Waals surface area contributed by atoms with E-state index in [1.54, 1.807) is 32.3 Å². The van der Waals surface area contributed by atoms with Crippen LogP contribution in [-0.2, 0) is 14.3 Å². The van der Waals surface area contributed by atoms with Crippen LogP contribution >= 0.6 is 0 Å². The quantitative estimate of drug-likeness (QED) is 0.452. The Labute approximate surface area is 118 Å². The fourth-order valence-corrected chi connectivity index (χ4v) is 1.55. The zero-order chi connectivity index (χ0) is 15.0. The van der Waals surface area contributed by atoms with E-state index < -0.39 is 12.1 Å². The molecule has 0 bridgehead atoms. The van der Waals surface area contributed by atoms with E-state index in [0.717, 1.165) is 6.21 Å². The lowest BCUT2D eigenvalue weighted by molar-refractivity contribution is -0.137. The number of nitrogens with one attached hydrogen (secondary N) is 2. The van der Waals surface area contributed by atoms with Crippen molar-refractivity contribution in [3.8, 4) is 0 Å². The number of hydrogen-bond donors (Lipinski definition) is 2. The Balaban J connectivity index is 3.15. The molecule has 108 valence electrons. The van der Waals surface area contributed by atoms with Gasteiger partial charge in [-0.15, -0.1) is 0 Å². The second kappa shape index (κ2) is 8.06. The van der Waals surface area contributed by atoms with Crippen molar-refractivity contribution in [1.82, 2.24) is 4.98 Å². The summed E-state index contributed by atoms with van der Waals surface area (Å²) in [5.41, 5.74) is 1.30. The van der Waals surface area contributed by atoms with Gasteiger partial charge in [0.15, 0.2) is 0 Å². The third kappa shape index (κ3) is 4.17. The van der Waals surface area contributed by atoms with Crippen LogP contribution in [0, 0.1) is 5.41 Å². The first-order chi connectivity index (χ1) is 9.63. The maximum absolute atomic E-state index is 11.9.